The van der Waals surface area contributed by atoms with Crippen molar-refractivity contribution >= 4 is 0 Å². The van der Waals surface area contributed by atoms with Crippen LogP contribution in [-0.2, 0) is 0 Å². The summed E-state index contributed by atoms with van der Waals surface area (Å²) >= 11 is 0. The van der Waals surface area contributed by atoms with Gasteiger partial charge in [0.05, 0.1) is 11.7 Å². The minimum atomic E-state index is 0.0861. The van der Waals surface area contributed by atoms with Crippen molar-refractivity contribution in [3.05, 3.63) is 30.1 Å². The molecule has 2 heterocycles. The number of nitrogens with zero attached hydrogens (tertiary/aromatic N) is 3. The molecule has 0 amide bonds. The zero-order valence-corrected chi connectivity index (χ0v) is 12.5. The number of pyridine rings is 1. The molecule has 0 saturated carbocycles. The maximum absolute atomic E-state index is 6.22. The second-order valence-corrected chi connectivity index (χ2v) is 6.02. The molecule has 1 saturated heterocycles. The van der Waals surface area contributed by atoms with E-state index in [-0.39, 0.29) is 12.1 Å². The molecule has 0 aromatic carbocycles. The molecule has 0 bridgehead atoms. The van der Waals surface area contributed by atoms with Gasteiger partial charge in [-0.3, -0.25) is 9.88 Å². The summed E-state index contributed by atoms with van der Waals surface area (Å²) < 4.78 is 0. The number of nitrogens with two attached hydrogens (primary N) is 1. The largest absolute Gasteiger partial charge is 0.326 e. The molecule has 4 nitrogen and oxygen atoms in total. The third kappa shape index (κ3) is 3.14. The fraction of sp³-hybridized carbons (Fsp3) is 0.667. The Morgan fingerprint density at radius 2 is 2.11 bits per heavy atom. The third-order valence-corrected chi connectivity index (χ3v) is 4.15. The van der Waals surface area contributed by atoms with Gasteiger partial charge >= 0.3 is 0 Å². The zero-order valence-electron chi connectivity index (χ0n) is 12.5. The van der Waals surface area contributed by atoms with Crippen molar-refractivity contribution in [3.8, 4) is 0 Å². The molecular formula is C15H26N4. The molecule has 19 heavy (non-hydrogen) atoms. The zero-order chi connectivity index (χ0) is 14.0. The Hall–Kier alpha value is -0.970. The van der Waals surface area contributed by atoms with Gasteiger partial charge in [-0.15, -0.1) is 0 Å². The first-order valence-electron chi connectivity index (χ1n) is 7.07. The Balaban J connectivity index is 2.18. The number of likely N-dealkylation sites (N-methyl/N-ethyl adjacent to an activating group) is 1. The lowest BCUT2D eigenvalue weighted by atomic mass is 10.0. The summed E-state index contributed by atoms with van der Waals surface area (Å²) in [7, 11) is 4.32. The van der Waals surface area contributed by atoms with Crippen LogP contribution in [0.25, 0.3) is 0 Å². The van der Waals surface area contributed by atoms with Crippen molar-refractivity contribution in [1.82, 2.24) is 14.8 Å². The standard InChI is InChI=1S/C15H26N4/c1-11-9-19(10-14(11)18(3)4)15(12(2)16)13-7-5-6-8-17-13/h5-8,11-12,14-15H,9-10,16H2,1-4H3. The van der Waals surface area contributed by atoms with Crippen LogP contribution in [0.2, 0.25) is 0 Å². The van der Waals surface area contributed by atoms with Gasteiger partial charge in [0, 0.05) is 31.4 Å². The monoisotopic (exact) mass is 262 g/mol. The Morgan fingerprint density at radius 3 is 2.58 bits per heavy atom. The van der Waals surface area contributed by atoms with Gasteiger partial charge in [0.25, 0.3) is 0 Å². The summed E-state index contributed by atoms with van der Waals surface area (Å²) in [6, 6.07) is 6.99. The van der Waals surface area contributed by atoms with Crippen molar-refractivity contribution in [1.29, 1.82) is 0 Å². The van der Waals surface area contributed by atoms with Crippen LogP contribution in [0.15, 0.2) is 24.4 Å². The minimum absolute atomic E-state index is 0.0861. The molecule has 1 aliphatic heterocycles. The van der Waals surface area contributed by atoms with Gasteiger partial charge in [-0.2, -0.15) is 0 Å². The fourth-order valence-electron chi connectivity index (χ4n) is 3.23. The van der Waals surface area contributed by atoms with E-state index in [1.54, 1.807) is 0 Å². The SMILES string of the molecule is CC(N)C(c1ccccn1)N1CC(C)C(N(C)C)C1. The average molecular weight is 262 g/mol. The quantitative estimate of drug-likeness (QED) is 0.890. The molecule has 0 aliphatic carbocycles. The Labute approximate surface area is 116 Å². The topological polar surface area (TPSA) is 45.4 Å². The van der Waals surface area contributed by atoms with Gasteiger partial charge in [-0.25, -0.2) is 0 Å². The van der Waals surface area contributed by atoms with Crippen LogP contribution in [0.4, 0.5) is 0 Å². The molecule has 2 rings (SSSR count). The number of aromatic nitrogens is 1. The number of hydrogen-bond donors (Lipinski definition) is 1. The molecule has 4 unspecified atom stereocenters. The van der Waals surface area contributed by atoms with Gasteiger partial charge in [0.1, 0.15) is 0 Å². The predicted molar refractivity (Wildman–Crippen MR) is 78.8 cm³/mol. The van der Waals surface area contributed by atoms with Gasteiger partial charge in [0.15, 0.2) is 0 Å². The van der Waals surface area contributed by atoms with Crippen molar-refractivity contribution < 1.29 is 0 Å². The Bertz CT molecular complexity index is 390. The smallest absolute Gasteiger partial charge is 0.0671 e. The lowest BCUT2D eigenvalue weighted by molar-refractivity contribution is 0.193. The summed E-state index contributed by atoms with van der Waals surface area (Å²) in [5.41, 5.74) is 7.31. The van der Waals surface area contributed by atoms with E-state index in [2.05, 4.69) is 48.8 Å². The summed E-state index contributed by atoms with van der Waals surface area (Å²) in [6.07, 6.45) is 1.85. The van der Waals surface area contributed by atoms with E-state index in [9.17, 15) is 0 Å². The van der Waals surface area contributed by atoms with E-state index >= 15 is 0 Å². The van der Waals surface area contributed by atoms with Crippen molar-refractivity contribution in [2.75, 3.05) is 27.2 Å². The summed E-state index contributed by atoms with van der Waals surface area (Å²) in [4.78, 5) is 9.31. The molecule has 1 aromatic rings. The van der Waals surface area contributed by atoms with E-state index in [4.69, 9.17) is 5.73 Å². The van der Waals surface area contributed by atoms with Crippen LogP contribution in [0.1, 0.15) is 25.6 Å². The van der Waals surface area contributed by atoms with Gasteiger partial charge in [0.2, 0.25) is 0 Å². The molecule has 4 heteroatoms. The molecule has 0 radical (unpaired) electrons. The number of rotatable bonds is 4. The molecule has 106 valence electrons. The summed E-state index contributed by atoms with van der Waals surface area (Å²) in [6.45, 7) is 6.55. The van der Waals surface area contributed by atoms with Gasteiger partial charge < -0.3 is 10.6 Å². The van der Waals surface area contributed by atoms with Crippen LogP contribution < -0.4 is 5.73 Å². The van der Waals surface area contributed by atoms with Crippen LogP contribution in [-0.4, -0.2) is 54.1 Å². The molecule has 4 atom stereocenters. The van der Waals surface area contributed by atoms with Crippen molar-refractivity contribution in [2.45, 2.75) is 32.0 Å². The Morgan fingerprint density at radius 1 is 1.37 bits per heavy atom. The first kappa shape index (κ1) is 14.4. The van der Waals surface area contributed by atoms with Crippen molar-refractivity contribution in [2.24, 2.45) is 11.7 Å². The molecular weight excluding hydrogens is 236 g/mol. The highest BCUT2D eigenvalue weighted by Crippen LogP contribution is 2.30. The van der Waals surface area contributed by atoms with E-state index in [0.29, 0.717) is 12.0 Å². The number of hydrogen-bond acceptors (Lipinski definition) is 4. The van der Waals surface area contributed by atoms with Crippen LogP contribution in [0.5, 0.6) is 0 Å². The van der Waals surface area contributed by atoms with Crippen molar-refractivity contribution in [3.63, 3.8) is 0 Å². The second kappa shape index (κ2) is 5.99. The maximum Gasteiger partial charge on any atom is 0.0671 e. The van der Waals surface area contributed by atoms with E-state index in [0.717, 1.165) is 18.8 Å². The maximum atomic E-state index is 6.22. The normalized spacial score (nSPS) is 27.7. The fourth-order valence-corrected chi connectivity index (χ4v) is 3.23. The molecule has 1 fully saturated rings. The highest BCUT2D eigenvalue weighted by molar-refractivity contribution is 5.12. The summed E-state index contributed by atoms with van der Waals surface area (Å²) in [5.74, 6) is 0.667. The second-order valence-electron chi connectivity index (χ2n) is 6.02. The Kier molecular flexibility index (Phi) is 4.55. The first-order chi connectivity index (χ1) is 9.00. The average Bonchev–Trinajstić information content (AvgIpc) is 2.72. The first-order valence-corrected chi connectivity index (χ1v) is 7.07. The molecule has 1 aliphatic rings. The lowest BCUT2D eigenvalue weighted by Crippen LogP contribution is -2.40. The van der Waals surface area contributed by atoms with E-state index < -0.39 is 0 Å². The van der Waals surface area contributed by atoms with Crippen LogP contribution >= 0.6 is 0 Å². The van der Waals surface area contributed by atoms with Crippen LogP contribution in [0.3, 0.4) is 0 Å². The highest BCUT2D eigenvalue weighted by atomic mass is 15.3. The molecule has 2 N–H and O–H groups in total. The van der Waals surface area contributed by atoms with E-state index in [1.165, 1.54) is 0 Å². The highest BCUT2D eigenvalue weighted by Gasteiger charge is 2.36. The van der Waals surface area contributed by atoms with Gasteiger partial charge in [-0.05, 0) is 39.1 Å². The van der Waals surface area contributed by atoms with E-state index in [1.807, 2.05) is 18.3 Å². The number of likely N-dealkylation sites (tertiary alicyclic amines) is 1. The summed E-state index contributed by atoms with van der Waals surface area (Å²) in [5, 5.41) is 0. The third-order valence-electron chi connectivity index (χ3n) is 4.15. The van der Waals surface area contributed by atoms with Gasteiger partial charge in [-0.1, -0.05) is 13.0 Å². The molecule has 1 aromatic heterocycles. The minimum Gasteiger partial charge on any atom is -0.326 e. The van der Waals surface area contributed by atoms with Crippen LogP contribution in [0, 0.1) is 5.92 Å². The predicted octanol–water partition coefficient (Wildman–Crippen LogP) is 1.35. The lowest BCUT2D eigenvalue weighted by Gasteiger charge is -2.31. The molecule has 0 spiro atoms.